The van der Waals surface area contributed by atoms with E-state index in [4.69, 9.17) is 21.1 Å². The predicted octanol–water partition coefficient (Wildman–Crippen LogP) is 3.20. The highest BCUT2D eigenvalue weighted by atomic mass is 35.5. The normalized spacial score (nSPS) is 13.6. The first-order valence-corrected chi connectivity index (χ1v) is 8.65. The van der Waals surface area contributed by atoms with E-state index in [1.165, 1.54) is 5.56 Å². The Hall–Kier alpha value is -2.73. The van der Waals surface area contributed by atoms with Crippen molar-refractivity contribution in [3.63, 3.8) is 0 Å². The molecule has 3 aromatic rings. The smallest absolute Gasteiger partial charge is 0.274 e. The molecule has 3 heterocycles. The highest BCUT2D eigenvalue weighted by Gasteiger charge is 2.25. The van der Waals surface area contributed by atoms with Crippen LogP contribution in [-0.2, 0) is 13.0 Å². The third-order valence-corrected chi connectivity index (χ3v) is 4.87. The van der Waals surface area contributed by atoms with Gasteiger partial charge in [0, 0.05) is 19.3 Å². The number of amides is 1. The highest BCUT2D eigenvalue weighted by molar-refractivity contribution is 6.30. The molecule has 0 bridgehead atoms. The lowest BCUT2D eigenvalue weighted by molar-refractivity contribution is 0.0728. The highest BCUT2D eigenvalue weighted by Crippen LogP contribution is 2.33. The van der Waals surface area contributed by atoms with E-state index in [1.807, 2.05) is 18.2 Å². The number of pyridine rings is 1. The number of ether oxygens (including phenoxy) is 2. The van der Waals surface area contributed by atoms with E-state index in [0.29, 0.717) is 35.3 Å². The van der Waals surface area contributed by atoms with Gasteiger partial charge in [-0.25, -0.2) is 4.52 Å². The lowest BCUT2D eigenvalue weighted by atomic mass is 9.98. The molecule has 0 atom stereocenters. The summed E-state index contributed by atoms with van der Waals surface area (Å²) in [6.07, 6.45) is 2.46. The Balaban J connectivity index is 1.62. The standard InChI is InChI=1S/C19H18ClN3O3/c1-25-17-7-12-5-6-22(10-13(12)8-18(17)26-2)19(24)16-9-15-4-3-14(20)11-23(15)21-16/h3-4,7-9,11H,5-6,10H2,1-2H3. The molecule has 1 aromatic carbocycles. The molecule has 0 aliphatic carbocycles. The van der Waals surface area contributed by atoms with Gasteiger partial charge in [-0.2, -0.15) is 5.10 Å². The number of nitrogens with zero attached hydrogens (tertiary/aromatic N) is 3. The second-order valence-corrected chi connectivity index (χ2v) is 6.64. The molecule has 26 heavy (non-hydrogen) atoms. The first kappa shape index (κ1) is 16.7. The summed E-state index contributed by atoms with van der Waals surface area (Å²) in [7, 11) is 3.23. The molecule has 4 rings (SSSR count). The van der Waals surface area contributed by atoms with Crippen LogP contribution in [0.15, 0.2) is 36.5 Å². The fourth-order valence-corrected chi connectivity index (χ4v) is 3.44. The van der Waals surface area contributed by atoms with E-state index in [1.54, 1.807) is 42.0 Å². The van der Waals surface area contributed by atoms with Gasteiger partial charge in [0.1, 0.15) is 0 Å². The summed E-state index contributed by atoms with van der Waals surface area (Å²) < 4.78 is 12.4. The number of methoxy groups -OCH3 is 2. The third-order valence-electron chi connectivity index (χ3n) is 4.65. The van der Waals surface area contributed by atoms with Gasteiger partial charge in [0.2, 0.25) is 0 Å². The van der Waals surface area contributed by atoms with Gasteiger partial charge in [-0.3, -0.25) is 4.79 Å². The molecule has 0 spiro atoms. The van der Waals surface area contributed by atoms with E-state index in [0.717, 1.165) is 17.5 Å². The van der Waals surface area contributed by atoms with Crippen LogP contribution in [-0.4, -0.2) is 41.2 Å². The van der Waals surface area contributed by atoms with E-state index < -0.39 is 0 Å². The van der Waals surface area contributed by atoms with Crippen LogP contribution in [0.25, 0.3) is 5.52 Å². The van der Waals surface area contributed by atoms with Crippen molar-refractivity contribution in [2.45, 2.75) is 13.0 Å². The number of benzene rings is 1. The quantitative estimate of drug-likeness (QED) is 0.709. The third kappa shape index (κ3) is 2.86. The van der Waals surface area contributed by atoms with Crippen LogP contribution >= 0.6 is 11.6 Å². The Morgan fingerprint density at radius 1 is 1.12 bits per heavy atom. The van der Waals surface area contributed by atoms with Gasteiger partial charge in [-0.1, -0.05) is 11.6 Å². The predicted molar refractivity (Wildman–Crippen MR) is 98.2 cm³/mol. The Morgan fingerprint density at radius 3 is 2.58 bits per heavy atom. The van der Waals surface area contributed by atoms with Gasteiger partial charge in [0.15, 0.2) is 17.2 Å². The summed E-state index contributed by atoms with van der Waals surface area (Å²) in [5.74, 6) is 1.29. The molecule has 2 aromatic heterocycles. The van der Waals surface area contributed by atoms with Crippen LogP contribution < -0.4 is 9.47 Å². The molecular formula is C19H18ClN3O3. The van der Waals surface area contributed by atoms with Gasteiger partial charge in [-0.15, -0.1) is 0 Å². The minimum Gasteiger partial charge on any atom is -0.493 e. The molecular weight excluding hydrogens is 354 g/mol. The van der Waals surface area contributed by atoms with Crippen molar-refractivity contribution in [2.75, 3.05) is 20.8 Å². The average Bonchev–Trinajstić information content (AvgIpc) is 3.08. The fourth-order valence-electron chi connectivity index (χ4n) is 3.28. The number of aromatic nitrogens is 2. The maximum atomic E-state index is 12.9. The molecule has 0 radical (unpaired) electrons. The van der Waals surface area contributed by atoms with E-state index >= 15 is 0 Å². The first-order valence-electron chi connectivity index (χ1n) is 8.27. The lowest BCUT2D eigenvalue weighted by Crippen LogP contribution is -2.36. The minimum absolute atomic E-state index is 0.0924. The van der Waals surface area contributed by atoms with Crippen molar-refractivity contribution < 1.29 is 14.3 Å². The first-order chi connectivity index (χ1) is 12.6. The Kier molecular flexibility index (Phi) is 4.20. The molecule has 1 amide bonds. The van der Waals surface area contributed by atoms with Gasteiger partial charge in [0.25, 0.3) is 5.91 Å². The number of halogens is 1. The molecule has 1 aliphatic heterocycles. The molecule has 0 N–H and O–H groups in total. The number of rotatable bonds is 3. The van der Waals surface area contributed by atoms with Crippen molar-refractivity contribution in [3.05, 3.63) is 58.4 Å². The van der Waals surface area contributed by atoms with Crippen molar-refractivity contribution in [2.24, 2.45) is 0 Å². The molecule has 7 heteroatoms. The summed E-state index contributed by atoms with van der Waals surface area (Å²) in [6.45, 7) is 1.15. The van der Waals surface area contributed by atoms with Gasteiger partial charge in [0.05, 0.1) is 24.8 Å². The van der Waals surface area contributed by atoms with Crippen LogP contribution in [0.3, 0.4) is 0 Å². The Morgan fingerprint density at radius 2 is 1.85 bits per heavy atom. The summed E-state index contributed by atoms with van der Waals surface area (Å²) >= 11 is 5.99. The molecule has 0 saturated carbocycles. The second-order valence-electron chi connectivity index (χ2n) is 6.20. The number of hydrogen-bond donors (Lipinski definition) is 0. The number of carbonyl (C=O) groups excluding carboxylic acids is 1. The molecule has 0 unspecified atom stereocenters. The maximum absolute atomic E-state index is 12.9. The Labute approximate surface area is 155 Å². The zero-order chi connectivity index (χ0) is 18.3. The summed E-state index contributed by atoms with van der Waals surface area (Å²) in [5.41, 5.74) is 3.49. The van der Waals surface area contributed by atoms with E-state index in [-0.39, 0.29) is 5.91 Å². The van der Waals surface area contributed by atoms with Crippen molar-refractivity contribution in [3.8, 4) is 11.5 Å². The number of carbonyl (C=O) groups is 1. The lowest BCUT2D eigenvalue weighted by Gasteiger charge is -2.29. The van der Waals surface area contributed by atoms with Gasteiger partial charge < -0.3 is 14.4 Å². The zero-order valence-corrected chi connectivity index (χ0v) is 15.3. The fraction of sp³-hybridized carbons (Fsp3) is 0.263. The molecule has 0 fully saturated rings. The van der Waals surface area contributed by atoms with Crippen LogP contribution in [0.1, 0.15) is 21.6 Å². The average molecular weight is 372 g/mol. The summed E-state index contributed by atoms with van der Waals surface area (Å²) in [6, 6.07) is 9.33. The van der Waals surface area contributed by atoms with Crippen LogP contribution in [0, 0.1) is 0 Å². The monoisotopic (exact) mass is 371 g/mol. The summed E-state index contributed by atoms with van der Waals surface area (Å²) in [5, 5.41) is 4.94. The molecule has 0 saturated heterocycles. The van der Waals surface area contributed by atoms with Crippen molar-refractivity contribution in [1.82, 2.24) is 14.5 Å². The van der Waals surface area contributed by atoms with Crippen LogP contribution in [0.4, 0.5) is 0 Å². The largest absolute Gasteiger partial charge is 0.493 e. The Bertz CT molecular complexity index is 999. The van der Waals surface area contributed by atoms with Crippen molar-refractivity contribution in [1.29, 1.82) is 0 Å². The van der Waals surface area contributed by atoms with E-state index in [2.05, 4.69) is 5.10 Å². The van der Waals surface area contributed by atoms with Gasteiger partial charge in [-0.05, 0) is 47.9 Å². The SMILES string of the molecule is COc1cc2c(cc1OC)CN(C(=O)c1cc3ccc(Cl)cn3n1)CC2. The van der Waals surface area contributed by atoms with Crippen LogP contribution in [0.5, 0.6) is 11.5 Å². The zero-order valence-electron chi connectivity index (χ0n) is 14.5. The van der Waals surface area contributed by atoms with Gasteiger partial charge >= 0.3 is 0 Å². The second kappa shape index (κ2) is 6.53. The number of hydrogen-bond acceptors (Lipinski definition) is 4. The maximum Gasteiger partial charge on any atom is 0.274 e. The molecule has 6 nitrogen and oxygen atoms in total. The van der Waals surface area contributed by atoms with Crippen LogP contribution in [0.2, 0.25) is 5.02 Å². The molecule has 1 aliphatic rings. The minimum atomic E-state index is -0.0924. The number of fused-ring (bicyclic) bond motifs is 2. The summed E-state index contributed by atoms with van der Waals surface area (Å²) in [4.78, 5) is 14.7. The topological polar surface area (TPSA) is 56.1 Å². The van der Waals surface area contributed by atoms with Crippen molar-refractivity contribution >= 4 is 23.0 Å². The molecule has 134 valence electrons. The van der Waals surface area contributed by atoms with E-state index in [9.17, 15) is 4.79 Å².